The van der Waals surface area contributed by atoms with Crippen molar-refractivity contribution in [2.24, 2.45) is 5.92 Å². The fourth-order valence-electron chi connectivity index (χ4n) is 4.96. The van der Waals surface area contributed by atoms with E-state index in [1.165, 1.54) is 22.3 Å². The van der Waals surface area contributed by atoms with Crippen molar-refractivity contribution in [1.29, 1.82) is 0 Å². The number of benzene rings is 1. The molecule has 0 bridgehead atoms. The van der Waals surface area contributed by atoms with Crippen LogP contribution in [0.4, 0.5) is 18.3 Å². The molecule has 8 nitrogen and oxygen atoms in total. The predicted molar refractivity (Wildman–Crippen MR) is 133 cm³/mol. The van der Waals surface area contributed by atoms with Crippen LogP contribution in [0.25, 0.3) is 0 Å². The summed E-state index contributed by atoms with van der Waals surface area (Å²) >= 11 is 1.26. The van der Waals surface area contributed by atoms with Crippen molar-refractivity contribution >= 4 is 38.3 Å². The van der Waals surface area contributed by atoms with E-state index in [1.807, 2.05) is 0 Å². The van der Waals surface area contributed by atoms with Gasteiger partial charge >= 0.3 is 6.18 Å². The molecule has 1 saturated carbocycles. The summed E-state index contributed by atoms with van der Waals surface area (Å²) in [5, 5.41) is 4.92. The minimum atomic E-state index is -4.59. The highest BCUT2D eigenvalue weighted by atomic mass is 32.2. The lowest BCUT2D eigenvalue weighted by Crippen LogP contribution is -2.58. The lowest BCUT2D eigenvalue weighted by atomic mass is 9.84. The van der Waals surface area contributed by atoms with Crippen molar-refractivity contribution < 1.29 is 31.2 Å². The van der Waals surface area contributed by atoms with Gasteiger partial charge in [0.05, 0.1) is 17.9 Å². The van der Waals surface area contributed by atoms with Gasteiger partial charge in [0, 0.05) is 24.7 Å². The first-order valence-electron chi connectivity index (χ1n) is 12.2. The Morgan fingerprint density at radius 2 is 1.95 bits per heavy atom. The van der Waals surface area contributed by atoms with E-state index in [2.05, 4.69) is 10.3 Å². The number of carbonyl (C=O) groups is 2. The molecule has 2 aromatic rings. The number of rotatable bonds is 8. The molecule has 1 atom stereocenters. The summed E-state index contributed by atoms with van der Waals surface area (Å²) in [4.78, 5) is 31.9. The largest absolute Gasteiger partial charge is 0.416 e. The molecular formula is C24H29F3N4O4S2. The first-order chi connectivity index (χ1) is 17.5. The number of hydrogen-bond acceptors (Lipinski definition) is 6. The summed E-state index contributed by atoms with van der Waals surface area (Å²) in [5.41, 5.74) is -0.944. The fraction of sp³-hybridized carbons (Fsp3) is 0.542. The number of nitrogens with zero attached hydrogens (tertiary/aromatic N) is 3. The molecule has 202 valence electrons. The number of hydrogen-bond donors (Lipinski definition) is 1. The summed E-state index contributed by atoms with van der Waals surface area (Å²) in [7, 11) is -4.06. The van der Waals surface area contributed by atoms with Gasteiger partial charge in [-0.25, -0.2) is 13.4 Å². The van der Waals surface area contributed by atoms with Crippen molar-refractivity contribution in [3.05, 3.63) is 47.0 Å². The fourth-order valence-corrected chi connectivity index (χ4v) is 6.94. The number of sulfonamides is 1. The number of alkyl halides is 3. The summed E-state index contributed by atoms with van der Waals surface area (Å²) in [6, 6.07) is 3.40. The first-order valence-corrected chi connectivity index (χ1v) is 14.7. The second-order valence-electron chi connectivity index (χ2n) is 9.46. The number of halogens is 3. The summed E-state index contributed by atoms with van der Waals surface area (Å²) in [6.07, 6.45) is 2.69. The number of aromatic nitrogens is 1. The second kappa shape index (κ2) is 11.5. The molecule has 37 heavy (non-hydrogen) atoms. The van der Waals surface area contributed by atoms with Gasteiger partial charge in [0.25, 0.3) is 0 Å². The molecule has 0 radical (unpaired) electrons. The molecule has 1 aliphatic carbocycles. The molecule has 13 heteroatoms. The molecule has 1 saturated heterocycles. The molecule has 0 unspecified atom stereocenters. The highest BCUT2D eigenvalue weighted by molar-refractivity contribution is 7.88. The Labute approximate surface area is 217 Å². The minimum Gasteiger partial charge on any atom is -0.328 e. The molecule has 2 amide bonds. The summed E-state index contributed by atoms with van der Waals surface area (Å²) in [5.74, 6) is -1.22. The van der Waals surface area contributed by atoms with Crippen molar-refractivity contribution in [3.8, 4) is 0 Å². The van der Waals surface area contributed by atoms with Crippen LogP contribution >= 0.6 is 11.3 Å². The van der Waals surface area contributed by atoms with Crippen LogP contribution in [0, 0.1) is 5.92 Å². The van der Waals surface area contributed by atoms with E-state index in [4.69, 9.17) is 0 Å². The number of anilines is 1. The maximum absolute atomic E-state index is 13.2. The van der Waals surface area contributed by atoms with Crippen molar-refractivity contribution in [2.45, 2.75) is 56.5 Å². The Hall–Kier alpha value is -2.51. The van der Waals surface area contributed by atoms with Gasteiger partial charge < -0.3 is 10.2 Å². The van der Waals surface area contributed by atoms with Crippen LogP contribution in [0.2, 0.25) is 0 Å². The number of amides is 2. The quantitative estimate of drug-likeness (QED) is 0.526. The number of thiazole rings is 1. The second-order valence-corrected chi connectivity index (χ2v) is 12.3. The van der Waals surface area contributed by atoms with E-state index in [0.29, 0.717) is 11.6 Å². The van der Waals surface area contributed by atoms with Gasteiger partial charge in [-0.3, -0.25) is 9.59 Å². The van der Waals surface area contributed by atoms with Crippen molar-refractivity contribution in [1.82, 2.24) is 14.2 Å². The highest BCUT2D eigenvalue weighted by Gasteiger charge is 2.39. The molecule has 0 spiro atoms. The van der Waals surface area contributed by atoms with Crippen LogP contribution < -0.4 is 5.32 Å². The van der Waals surface area contributed by atoms with Crippen LogP contribution in [-0.2, 0) is 31.5 Å². The Bertz CT molecular complexity index is 1200. The molecule has 2 aliphatic rings. The Kier molecular flexibility index (Phi) is 8.54. The Balaban J connectivity index is 1.46. The van der Waals surface area contributed by atoms with Crippen LogP contribution in [0.5, 0.6) is 0 Å². The summed E-state index contributed by atoms with van der Waals surface area (Å²) in [6.45, 7) is -0.491. The number of nitrogens with one attached hydrogen (secondary N) is 1. The van der Waals surface area contributed by atoms with Crippen LogP contribution in [0.1, 0.15) is 49.7 Å². The molecule has 1 aromatic carbocycles. The smallest absolute Gasteiger partial charge is 0.328 e. The zero-order chi connectivity index (χ0) is 26.6. The van der Waals surface area contributed by atoms with Gasteiger partial charge in [0.1, 0.15) is 6.04 Å². The van der Waals surface area contributed by atoms with E-state index in [0.717, 1.165) is 54.6 Å². The van der Waals surface area contributed by atoms with Crippen molar-refractivity contribution in [3.63, 3.8) is 0 Å². The number of carbonyl (C=O) groups excluding carboxylic acids is 2. The average Bonchev–Trinajstić information content (AvgIpc) is 3.36. The van der Waals surface area contributed by atoms with E-state index in [1.54, 1.807) is 11.6 Å². The third-order valence-electron chi connectivity index (χ3n) is 6.84. The third kappa shape index (κ3) is 7.08. The van der Waals surface area contributed by atoms with Gasteiger partial charge in [-0.05, 0) is 24.0 Å². The number of piperazine rings is 1. The molecule has 1 aliphatic heterocycles. The standard InChI is InChI=1S/C24H29F3N4O4S2/c25-24(26,27)19-8-4-7-18(13-19)16-37(34,35)30-10-11-31(21(32)15-30)20(14-17-5-2-1-3-6-17)22(33)29-23-28-9-12-36-23/h4,7-9,12-13,17,20H,1-3,5-6,10-11,14-16H2,(H,28,29,33)/t20-/m0/s1. The predicted octanol–water partition coefficient (Wildman–Crippen LogP) is 4.11. The SMILES string of the molecule is O=C(Nc1nccs1)[C@H](CC1CCCCC1)N1CCN(S(=O)(=O)Cc2cccc(C(F)(F)F)c2)CC1=O. The lowest BCUT2D eigenvalue weighted by molar-refractivity contribution is -0.142. The van der Waals surface area contributed by atoms with E-state index in [9.17, 15) is 31.2 Å². The van der Waals surface area contributed by atoms with Gasteiger partial charge in [0.15, 0.2) is 5.13 Å². The monoisotopic (exact) mass is 558 g/mol. The van der Waals surface area contributed by atoms with E-state index < -0.39 is 46.0 Å². The third-order valence-corrected chi connectivity index (χ3v) is 9.33. The Morgan fingerprint density at radius 3 is 2.59 bits per heavy atom. The van der Waals surface area contributed by atoms with Crippen LogP contribution in [0.3, 0.4) is 0 Å². The molecular weight excluding hydrogens is 529 g/mol. The molecule has 2 fully saturated rings. The van der Waals surface area contributed by atoms with Crippen LogP contribution in [0.15, 0.2) is 35.8 Å². The zero-order valence-corrected chi connectivity index (χ0v) is 21.7. The molecule has 4 rings (SSSR count). The average molecular weight is 559 g/mol. The Morgan fingerprint density at radius 1 is 1.19 bits per heavy atom. The lowest BCUT2D eigenvalue weighted by Gasteiger charge is -2.39. The van der Waals surface area contributed by atoms with Gasteiger partial charge in [0.2, 0.25) is 21.8 Å². The molecule has 1 N–H and O–H groups in total. The topological polar surface area (TPSA) is 99.7 Å². The zero-order valence-electron chi connectivity index (χ0n) is 20.1. The first kappa shape index (κ1) is 27.5. The van der Waals surface area contributed by atoms with Crippen molar-refractivity contribution in [2.75, 3.05) is 25.0 Å². The molecule has 2 heterocycles. The van der Waals surface area contributed by atoms with E-state index >= 15 is 0 Å². The molecule has 1 aromatic heterocycles. The maximum Gasteiger partial charge on any atom is 0.416 e. The van der Waals surface area contributed by atoms with Gasteiger partial charge in [-0.1, -0.05) is 50.3 Å². The highest BCUT2D eigenvalue weighted by Crippen LogP contribution is 2.31. The van der Waals surface area contributed by atoms with Crippen LogP contribution in [-0.4, -0.2) is 60.1 Å². The normalized spacial score (nSPS) is 19.1. The minimum absolute atomic E-state index is 0.0114. The van der Waals surface area contributed by atoms with Gasteiger partial charge in [-0.15, -0.1) is 11.3 Å². The van der Waals surface area contributed by atoms with Gasteiger partial charge in [-0.2, -0.15) is 17.5 Å². The summed E-state index contributed by atoms with van der Waals surface area (Å²) < 4.78 is 66.1. The van der Waals surface area contributed by atoms with E-state index in [-0.39, 0.29) is 30.5 Å². The maximum atomic E-state index is 13.2.